The number of hydrogen-bond donors (Lipinski definition) is 0. The van der Waals surface area contributed by atoms with Gasteiger partial charge in [0.1, 0.15) is 6.54 Å². The van der Waals surface area contributed by atoms with E-state index in [4.69, 9.17) is 4.74 Å². The first-order valence-electron chi connectivity index (χ1n) is 7.19. The molecule has 0 saturated carbocycles. The third kappa shape index (κ3) is 6.67. The molecule has 0 aliphatic carbocycles. The summed E-state index contributed by atoms with van der Waals surface area (Å²) in [6, 6.07) is 8.05. The summed E-state index contributed by atoms with van der Waals surface area (Å²) in [7, 11) is 0. The Hall–Kier alpha value is -1.49. The predicted octanol–water partition coefficient (Wildman–Crippen LogP) is 2.89. The molecule has 116 valence electrons. The molecule has 0 spiro atoms. The Labute approximate surface area is 130 Å². The minimum Gasteiger partial charge on any atom is -0.465 e. The van der Waals surface area contributed by atoms with E-state index in [0.717, 1.165) is 11.3 Å². The van der Waals surface area contributed by atoms with Gasteiger partial charge in [-0.05, 0) is 32.4 Å². The quantitative estimate of drug-likeness (QED) is 0.547. The molecular weight excluding hydrogens is 286 g/mol. The molecule has 5 heteroatoms. The molecule has 1 aromatic rings. The largest absolute Gasteiger partial charge is 0.465 e. The molecule has 1 amide bonds. The fraction of sp³-hybridized carbons (Fsp3) is 0.500. The van der Waals surface area contributed by atoms with Crippen LogP contribution in [-0.4, -0.2) is 42.2 Å². The molecule has 0 aromatic heterocycles. The molecule has 0 saturated heterocycles. The summed E-state index contributed by atoms with van der Waals surface area (Å²) in [4.78, 5) is 26.4. The van der Waals surface area contributed by atoms with Crippen LogP contribution in [0.3, 0.4) is 0 Å². The number of esters is 1. The summed E-state index contributed by atoms with van der Waals surface area (Å²) >= 11 is 1.49. The molecule has 0 radical (unpaired) electrons. The maximum absolute atomic E-state index is 12.2. The van der Waals surface area contributed by atoms with Crippen LogP contribution < -0.4 is 0 Å². The monoisotopic (exact) mass is 309 g/mol. The lowest BCUT2D eigenvalue weighted by atomic mass is 10.2. The highest BCUT2D eigenvalue weighted by Crippen LogP contribution is 2.18. The number of hydrogen-bond acceptors (Lipinski definition) is 4. The van der Waals surface area contributed by atoms with Crippen LogP contribution in [0.2, 0.25) is 0 Å². The van der Waals surface area contributed by atoms with Crippen molar-refractivity contribution >= 4 is 23.6 Å². The number of benzene rings is 1. The second-order valence-electron chi connectivity index (χ2n) is 4.72. The van der Waals surface area contributed by atoms with E-state index in [2.05, 4.69) is 0 Å². The maximum atomic E-state index is 12.2. The van der Waals surface area contributed by atoms with Gasteiger partial charge in [-0.2, -0.15) is 0 Å². The minimum absolute atomic E-state index is 0.0320. The molecule has 0 bridgehead atoms. The Kier molecular flexibility index (Phi) is 7.90. The van der Waals surface area contributed by atoms with Gasteiger partial charge in [-0.3, -0.25) is 9.59 Å². The number of rotatable bonds is 8. The fourth-order valence-electron chi connectivity index (χ4n) is 1.80. The topological polar surface area (TPSA) is 46.6 Å². The van der Waals surface area contributed by atoms with Crippen molar-refractivity contribution in [3.8, 4) is 0 Å². The summed E-state index contributed by atoms with van der Waals surface area (Å²) in [6.07, 6.45) is 0.820. The summed E-state index contributed by atoms with van der Waals surface area (Å²) in [5.74, 6) is -0.0437. The second-order valence-corrected chi connectivity index (χ2v) is 5.77. The summed E-state index contributed by atoms with van der Waals surface area (Å²) < 4.78 is 4.91. The Morgan fingerprint density at radius 2 is 1.86 bits per heavy atom. The fourth-order valence-corrected chi connectivity index (χ4v) is 2.60. The standard InChI is InChI=1S/C16H23NO3S/c1-4-10-17(11-16(19)20-5-2)15(18)12-21-14-8-6-13(3)7-9-14/h6-9H,4-5,10-12H2,1-3H3. The lowest BCUT2D eigenvalue weighted by Gasteiger charge is -2.20. The SMILES string of the molecule is CCCN(CC(=O)OCC)C(=O)CSc1ccc(C)cc1. The van der Waals surface area contributed by atoms with E-state index in [-0.39, 0.29) is 18.4 Å². The van der Waals surface area contributed by atoms with Crippen LogP contribution in [0.4, 0.5) is 0 Å². The molecule has 0 aliphatic rings. The van der Waals surface area contributed by atoms with E-state index in [1.807, 2.05) is 38.1 Å². The molecule has 0 heterocycles. The average molecular weight is 309 g/mol. The van der Waals surface area contributed by atoms with Gasteiger partial charge in [0.05, 0.1) is 12.4 Å². The van der Waals surface area contributed by atoms with Crippen LogP contribution in [0.1, 0.15) is 25.8 Å². The van der Waals surface area contributed by atoms with Crippen LogP contribution in [0.5, 0.6) is 0 Å². The van der Waals surface area contributed by atoms with Crippen LogP contribution in [0.25, 0.3) is 0 Å². The van der Waals surface area contributed by atoms with Crippen LogP contribution in [0, 0.1) is 6.92 Å². The van der Waals surface area contributed by atoms with Gasteiger partial charge in [0.25, 0.3) is 0 Å². The Morgan fingerprint density at radius 1 is 1.19 bits per heavy atom. The van der Waals surface area contributed by atoms with Gasteiger partial charge in [-0.25, -0.2) is 0 Å². The highest BCUT2D eigenvalue weighted by Gasteiger charge is 2.17. The molecule has 4 nitrogen and oxygen atoms in total. The van der Waals surface area contributed by atoms with Gasteiger partial charge in [0.15, 0.2) is 0 Å². The average Bonchev–Trinajstić information content (AvgIpc) is 2.46. The smallest absolute Gasteiger partial charge is 0.325 e. The zero-order chi connectivity index (χ0) is 15.7. The first-order chi connectivity index (χ1) is 10.1. The van der Waals surface area contributed by atoms with Crippen LogP contribution in [-0.2, 0) is 14.3 Å². The molecule has 0 fully saturated rings. The second kappa shape index (κ2) is 9.45. The Bertz CT molecular complexity index is 459. The molecule has 0 aliphatic heterocycles. The maximum Gasteiger partial charge on any atom is 0.325 e. The third-order valence-corrected chi connectivity index (χ3v) is 3.85. The molecular formula is C16H23NO3S. The zero-order valence-electron chi connectivity index (χ0n) is 12.9. The molecule has 0 N–H and O–H groups in total. The highest BCUT2D eigenvalue weighted by molar-refractivity contribution is 8.00. The summed E-state index contributed by atoms with van der Waals surface area (Å²) in [5.41, 5.74) is 1.19. The minimum atomic E-state index is -0.348. The van der Waals surface area contributed by atoms with Crippen molar-refractivity contribution in [3.63, 3.8) is 0 Å². The van der Waals surface area contributed by atoms with Crippen LogP contribution >= 0.6 is 11.8 Å². The number of amides is 1. The van der Waals surface area contributed by atoms with Crippen molar-refractivity contribution in [3.05, 3.63) is 29.8 Å². The first-order valence-corrected chi connectivity index (χ1v) is 8.18. The highest BCUT2D eigenvalue weighted by atomic mass is 32.2. The van der Waals surface area contributed by atoms with E-state index < -0.39 is 0 Å². The lowest BCUT2D eigenvalue weighted by Crippen LogP contribution is -2.38. The Balaban J connectivity index is 2.51. The number of nitrogens with zero attached hydrogens (tertiary/aromatic N) is 1. The molecule has 0 unspecified atom stereocenters. The van der Waals surface area contributed by atoms with Crippen LogP contribution in [0.15, 0.2) is 29.2 Å². The van der Waals surface area contributed by atoms with Crippen molar-refractivity contribution in [1.29, 1.82) is 0 Å². The molecule has 1 rings (SSSR count). The first kappa shape index (κ1) is 17.6. The number of thioether (sulfide) groups is 1. The van der Waals surface area contributed by atoms with E-state index in [9.17, 15) is 9.59 Å². The molecule has 0 atom stereocenters. The van der Waals surface area contributed by atoms with E-state index in [1.54, 1.807) is 11.8 Å². The van der Waals surface area contributed by atoms with Gasteiger partial charge in [-0.1, -0.05) is 24.6 Å². The van der Waals surface area contributed by atoms with Gasteiger partial charge in [0.2, 0.25) is 5.91 Å². The van der Waals surface area contributed by atoms with E-state index in [0.29, 0.717) is 18.9 Å². The van der Waals surface area contributed by atoms with Crippen molar-refractivity contribution in [2.45, 2.75) is 32.1 Å². The van der Waals surface area contributed by atoms with Crippen molar-refractivity contribution in [2.75, 3.05) is 25.4 Å². The van der Waals surface area contributed by atoms with Gasteiger partial charge in [0, 0.05) is 11.4 Å². The number of carbonyl (C=O) groups excluding carboxylic acids is 2. The summed E-state index contributed by atoms with van der Waals surface area (Å²) in [6.45, 7) is 6.73. The molecule has 21 heavy (non-hydrogen) atoms. The summed E-state index contributed by atoms with van der Waals surface area (Å²) in [5, 5.41) is 0. The lowest BCUT2D eigenvalue weighted by molar-refractivity contribution is -0.148. The third-order valence-electron chi connectivity index (χ3n) is 2.85. The normalized spacial score (nSPS) is 10.2. The number of carbonyl (C=O) groups is 2. The zero-order valence-corrected chi connectivity index (χ0v) is 13.7. The molecule has 1 aromatic carbocycles. The van der Waals surface area contributed by atoms with E-state index >= 15 is 0 Å². The van der Waals surface area contributed by atoms with Crippen molar-refractivity contribution < 1.29 is 14.3 Å². The number of ether oxygens (including phenoxy) is 1. The van der Waals surface area contributed by atoms with Crippen molar-refractivity contribution in [2.24, 2.45) is 0 Å². The Morgan fingerprint density at radius 3 is 2.43 bits per heavy atom. The van der Waals surface area contributed by atoms with Gasteiger partial charge < -0.3 is 9.64 Å². The van der Waals surface area contributed by atoms with E-state index in [1.165, 1.54) is 17.3 Å². The van der Waals surface area contributed by atoms with Crippen molar-refractivity contribution in [1.82, 2.24) is 4.90 Å². The number of aryl methyl sites for hydroxylation is 1. The predicted molar refractivity (Wildman–Crippen MR) is 85.4 cm³/mol. The van der Waals surface area contributed by atoms with Gasteiger partial charge >= 0.3 is 5.97 Å². The van der Waals surface area contributed by atoms with Gasteiger partial charge in [-0.15, -0.1) is 11.8 Å².